The molecule has 0 amide bonds. The van der Waals surface area contributed by atoms with Gasteiger partial charge in [-0.05, 0) is 136 Å². The van der Waals surface area contributed by atoms with Gasteiger partial charge in [0.1, 0.15) is 12.6 Å². The van der Waals surface area contributed by atoms with Gasteiger partial charge in [0.15, 0.2) is 0 Å². The largest absolute Gasteiger partial charge is 0.347 e. The van der Waals surface area contributed by atoms with Crippen LogP contribution in [0.15, 0.2) is 111 Å². The van der Waals surface area contributed by atoms with Crippen LogP contribution in [0, 0.1) is 12.8 Å². The Bertz CT molecular complexity index is 1750. The molecule has 0 saturated carbocycles. The smallest absolute Gasteiger partial charge is 0.130 e. The highest BCUT2D eigenvalue weighted by Gasteiger charge is 2.22. The van der Waals surface area contributed by atoms with E-state index in [1.807, 2.05) is 32.3 Å². The van der Waals surface area contributed by atoms with E-state index in [1.165, 1.54) is 54.1 Å². The van der Waals surface area contributed by atoms with Gasteiger partial charge in [0.25, 0.3) is 0 Å². The minimum Gasteiger partial charge on any atom is -0.347 e. The van der Waals surface area contributed by atoms with Gasteiger partial charge in [0.05, 0.1) is 5.02 Å². The Morgan fingerprint density at radius 1 is 0.944 bits per heavy atom. The number of nitrogens with zero attached hydrogens (tertiary/aromatic N) is 1. The number of pyridine rings is 1. The van der Waals surface area contributed by atoms with E-state index in [0.717, 1.165) is 89.9 Å². The number of nitrogens with one attached hydrogen (secondary N) is 3. The number of hydrogen-bond acceptors (Lipinski definition) is 7. The fourth-order valence-electron chi connectivity index (χ4n) is 6.90. The van der Waals surface area contributed by atoms with Crippen LogP contribution in [0.3, 0.4) is 0 Å². The number of hydrogen-bond donors (Lipinski definition) is 5. The van der Waals surface area contributed by atoms with Crippen molar-refractivity contribution in [2.24, 2.45) is 17.4 Å². The van der Waals surface area contributed by atoms with Gasteiger partial charge in [0.2, 0.25) is 0 Å². The van der Waals surface area contributed by atoms with Crippen LogP contribution in [0.25, 0.3) is 33.4 Å². The highest BCUT2D eigenvalue weighted by Crippen LogP contribution is 2.41. The molecule has 290 valence electrons. The maximum atomic E-state index is 8.00. The topological polar surface area (TPSA) is 118 Å². The van der Waals surface area contributed by atoms with Gasteiger partial charge in [-0.15, -0.1) is 19.7 Å². The predicted molar refractivity (Wildman–Crippen MR) is 235 cm³/mol. The number of allylic oxidation sites excluding steroid dienone is 1. The van der Waals surface area contributed by atoms with E-state index in [2.05, 4.69) is 127 Å². The number of halogens is 1. The monoisotopic (exact) mass is 750 g/mol. The van der Waals surface area contributed by atoms with E-state index in [-0.39, 0.29) is 0 Å². The lowest BCUT2D eigenvalue weighted by atomic mass is 9.91. The van der Waals surface area contributed by atoms with E-state index in [4.69, 9.17) is 22.1 Å². The third-order valence-corrected chi connectivity index (χ3v) is 10.1. The van der Waals surface area contributed by atoms with Crippen molar-refractivity contribution in [3.63, 3.8) is 0 Å². The van der Waals surface area contributed by atoms with Crippen LogP contribution in [0.2, 0.25) is 5.02 Å². The summed E-state index contributed by atoms with van der Waals surface area (Å²) in [4.78, 5) is 12.6. The van der Waals surface area contributed by atoms with Gasteiger partial charge in [-0.25, -0.2) is 4.98 Å². The average Bonchev–Trinajstić information content (AvgIpc) is 3.63. The Morgan fingerprint density at radius 2 is 1.61 bits per heavy atom. The van der Waals surface area contributed by atoms with Crippen LogP contribution in [0.1, 0.15) is 55.7 Å². The number of nitrogens with two attached hydrogens (primary N) is 2. The molecule has 0 radical (unpaired) electrons. The van der Waals surface area contributed by atoms with E-state index in [9.17, 15) is 0 Å². The summed E-state index contributed by atoms with van der Waals surface area (Å²) in [6.07, 6.45) is 13.9. The van der Waals surface area contributed by atoms with Crippen molar-refractivity contribution >= 4 is 24.2 Å². The number of carbonyl (C=O) groups is 1. The van der Waals surface area contributed by atoms with E-state index in [1.54, 1.807) is 0 Å². The minimum atomic E-state index is 0.433. The van der Waals surface area contributed by atoms with Gasteiger partial charge in [-0.2, -0.15) is 0 Å². The number of likely N-dealkylation sites (N-methyl/N-ethyl adjacent to an activating group) is 1. The lowest BCUT2D eigenvalue weighted by Crippen LogP contribution is -2.37. The van der Waals surface area contributed by atoms with Gasteiger partial charge < -0.3 is 32.2 Å². The number of carbonyl (C=O) groups excluding carboxylic acids is 1. The average molecular weight is 752 g/mol. The van der Waals surface area contributed by atoms with Crippen molar-refractivity contribution in [2.45, 2.75) is 64.8 Å². The second kappa shape index (κ2) is 25.6. The zero-order chi connectivity index (χ0) is 39.9. The zero-order valence-corrected chi connectivity index (χ0v) is 33.8. The second-order valence-electron chi connectivity index (χ2n) is 13.2. The Kier molecular flexibility index (Phi) is 21.7. The lowest BCUT2D eigenvalue weighted by Gasteiger charge is -2.16. The first-order valence-electron chi connectivity index (χ1n) is 18.9. The van der Waals surface area contributed by atoms with Crippen LogP contribution in [0.4, 0.5) is 5.82 Å². The first kappa shape index (κ1) is 45.8. The molecule has 5 rings (SSSR count). The molecule has 54 heavy (non-hydrogen) atoms. The molecule has 2 unspecified atom stereocenters. The van der Waals surface area contributed by atoms with Crippen molar-refractivity contribution < 1.29 is 4.79 Å². The van der Waals surface area contributed by atoms with Gasteiger partial charge in [0, 0.05) is 42.7 Å². The third-order valence-electron chi connectivity index (χ3n) is 9.68. The fraction of sp³-hybridized carbons (Fsp3) is 0.348. The van der Waals surface area contributed by atoms with E-state index < -0.39 is 0 Å². The first-order chi connectivity index (χ1) is 26.4. The summed E-state index contributed by atoms with van der Waals surface area (Å²) in [6, 6.07) is 24.4. The predicted octanol–water partition coefficient (Wildman–Crippen LogP) is 9.54. The molecule has 7 nitrogen and oxygen atoms in total. The normalized spacial score (nSPS) is 13.5. The summed E-state index contributed by atoms with van der Waals surface area (Å²) in [7, 11) is 3.51. The Morgan fingerprint density at radius 3 is 2.31 bits per heavy atom. The molecular formula is C46H63ClN6O. The van der Waals surface area contributed by atoms with Crippen LogP contribution < -0.4 is 27.4 Å². The van der Waals surface area contributed by atoms with Crippen LogP contribution in [-0.2, 0) is 17.6 Å². The van der Waals surface area contributed by atoms with Crippen molar-refractivity contribution in [1.82, 2.24) is 15.6 Å². The number of unbranched alkanes of at least 4 members (excludes halogenated alkanes) is 1. The Labute approximate surface area is 330 Å². The van der Waals surface area contributed by atoms with Gasteiger partial charge in [-0.3, -0.25) is 0 Å². The number of rotatable bonds is 17. The standard InChI is InChI=1S/C42H52ClN5.C2H4.CH5N.CH2O/c1-5-6-12-36(45-4)28-46-26-29(2)27-48-41-25-34(19-21-47-41)37-13-9-14-38(30(37)3)40-16-10-15-39(42(40)43)33-18-17-32-22-31(11-7-8-20-44)23-35(32)24-33;3*1-2/h5,9-10,13-19,21,24-25,27,31,36,45-46H,1,6-8,11-12,20,22-23,26,28,44H2,2-4H3,(H,47,48);1-2H2;2H2,1H3;1H2/b29-27+;;;. The molecule has 8 heteroatoms. The molecule has 4 aromatic rings. The molecule has 1 heterocycles. The number of benzene rings is 3. The van der Waals surface area contributed by atoms with Crippen molar-refractivity contribution in [3.05, 3.63) is 132 Å². The summed E-state index contributed by atoms with van der Waals surface area (Å²) in [5.74, 6) is 1.54. The quantitative estimate of drug-likeness (QED) is 0.0539. The lowest BCUT2D eigenvalue weighted by molar-refractivity contribution is -0.0980. The molecule has 0 fully saturated rings. The Hall–Kier alpha value is -4.37. The molecule has 1 aliphatic carbocycles. The van der Waals surface area contributed by atoms with Crippen molar-refractivity contribution in [3.8, 4) is 33.4 Å². The van der Waals surface area contributed by atoms with E-state index in [0.29, 0.717) is 6.04 Å². The fourth-order valence-corrected chi connectivity index (χ4v) is 7.23. The number of fused-ring (bicyclic) bond motifs is 1. The zero-order valence-electron chi connectivity index (χ0n) is 33.0. The number of aromatic nitrogens is 1. The second-order valence-corrected chi connectivity index (χ2v) is 13.6. The van der Waals surface area contributed by atoms with Gasteiger partial charge >= 0.3 is 0 Å². The van der Waals surface area contributed by atoms with Crippen molar-refractivity contribution in [1.29, 1.82) is 0 Å². The van der Waals surface area contributed by atoms with Crippen LogP contribution >= 0.6 is 11.6 Å². The molecule has 2 atom stereocenters. The highest BCUT2D eigenvalue weighted by molar-refractivity contribution is 6.36. The van der Waals surface area contributed by atoms with Crippen molar-refractivity contribution in [2.75, 3.05) is 39.0 Å². The summed E-state index contributed by atoms with van der Waals surface area (Å²) in [5, 5.41) is 11.1. The molecule has 1 aliphatic rings. The summed E-state index contributed by atoms with van der Waals surface area (Å²) >= 11 is 7.24. The molecule has 0 saturated heterocycles. The number of anilines is 1. The molecule has 3 aromatic carbocycles. The molecule has 0 aliphatic heterocycles. The summed E-state index contributed by atoms with van der Waals surface area (Å²) < 4.78 is 0. The van der Waals surface area contributed by atoms with E-state index >= 15 is 0 Å². The highest BCUT2D eigenvalue weighted by atomic mass is 35.5. The molecule has 0 spiro atoms. The molecular weight excluding hydrogens is 688 g/mol. The SMILES string of the molecule is C=C.C=CCCC(CNC/C(C)=C/Nc1cc(-c2cccc(-c3cccc(-c4ccc5c(c4)CC(CCCCN)C5)c3Cl)c2C)ccn1)NC.C=O.CN. The summed E-state index contributed by atoms with van der Waals surface area (Å²) in [6.45, 7) is 18.6. The molecule has 1 aromatic heterocycles. The summed E-state index contributed by atoms with van der Waals surface area (Å²) in [5.41, 5.74) is 22.3. The maximum Gasteiger partial charge on any atom is 0.130 e. The van der Waals surface area contributed by atoms with Crippen LogP contribution in [0.5, 0.6) is 0 Å². The third kappa shape index (κ3) is 13.2. The maximum absolute atomic E-state index is 8.00. The Balaban J connectivity index is 0.00000160. The first-order valence-corrected chi connectivity index (χ1v) is 19.2. The molecule has 7 N–H and O–H groups in total. The minimum absolute atomic E-state index is 0.433. The van der Waals surface area contributed by atoms with Crippen LogP contribution in [-0.4, -0.2) is 51.5 Å². The van der Waals surface area contributed by atoms with Gasteiger partial charge in [-0.1, -0.05) is 78.7 Å². The molecule has 0 bridgehead atoms.